The Hall–Kier alpha value is -0.840. The molecule has 0 bridgehead atoms. The minimum Gasteiger partial charge on any atom is -0.379 e. The first-order valence-electron chi connectivity index (χ1n) is 6.54. The maximum absolute atomic E-state index is 5.34. The molecule has 0 spiro atoms. The van der Waals surface area contributed by atoms with Gasteiger partial charge in [-0.15, -0.1) is 0 Å². The van der Waals surface area contributed by atoms with E-state index in [-0.39, 0.29) is 0 Å². The molecule has 0 amide bonds. The van der Waals surface area contributed by atoms with E-state index in [1.165, 1.54) is 5.56 Å². The van der Waals surface area contributed by atoms with E-state index < -0.39 is 0 Å². The molecule has 0 aliphatic carbocycles. The molecule has 1 N–H and O–H groups in total. The Balaban J connectivity index is 1.72. The summed E-state index contributed by atoms with van der Waals surface area (Å²) in [5.74, 6) is 0. The monoisotopic (exact) mass is 237 g/mol. The average Bonchev–Trinajstić information content (AvgIpc) is 2.83. The van der Waals surface area contributed by atoms with Crippen molar-refractivity contribution in [3.05, 3.63) is 24.0 Å². The van der Waals surface area contributed by atoms with Crippen LogP contribution in [0.25, 0.3) is 0 Å². The van der Waals surface area contributed by atoms with Crippen LogP contribution in [0, 0.1) is 0 Å². The summed E-state index contributed by atoms with van der Waals surface area (Å²) < 4.78 is 7.62. The summed E-state index contributed by atoms with van der Waals surface area (Å²) >= 11 is 0. The predicted molar refractivity (Wildman–Crippen MR) is 69.1 cm³/mol. The van der Waals surface area contributed by atoms with Gasteiger partial charge < -0.3 is 14.6 Å². The Morgan fingerprint density at radius 2 is 2.12 bits per heavy atom. The first-order valence-corrected chi connectivity index (χ1v) is 6.54. The number of hydrogen-bond donors (Lipinski definition) is 1. The molecule has 2 heterocycles. The minimum atomic E-state index is 0.886. The average molecular weight is 237 g/mol. The van der Waals surface area contributed by atoms with Crippen LogP contribution in [0.1, 0.15) is 12.5 Å². The molecule has 96 valence electrons. The molecule has 1 fully saturated rings. The van der Waals surface area contributed by atoms with Crippen molar-refractivity contribution < 1.29 is 4.74 Å². The summed E-state index contributed by atoms with van der Waals surface area (Å²) in [4.78, 5) is 2.47. The third-order valence-corrected chi connectivity index (χ3v) is 3.17. The molecule has 1 aromatic heterocycles. The molecular formula is C13H23N3O. The predicted octanol–water partition coefficient (Wildman–Crippen LogP) is 0.930. The van der Waals surface area contributed by atoms with E-state index in [0.29, 0.717) is 0 Å². The van der Waals surface area contributed by atoms with E-state index in [2.05, 4.69) is 40.2 Å². The molecule has 1 aromatic rings. The van der Waals surface area contributed by atoms with Crippen LogP contribution >= 0.6 is 0 Å². The molecule has 0 unspecified atom stereocenters. The number of hydrogen-bond acceptors (Lipinski definition) is 3. The van der Waals surface area contributed by atoms with Crippen molar-refractivity contribution in [1.29, 1.82) is 0 Å². The maximum atomic E-state index is 5.34. The fourth-order valence-electron chi connectivity index (χ4n) is 2.09. The lowest BCUT2D eigenvalue weighted by atomic mass is 10.3. The zero-order valence-corrected chi connectivity index (χ0v) is 10.7. The summed E-state index contributed by atoms with van der Waals surface area (Å²) in [6.45, 7) is 10.3. The fraction of sp³-hybridized carbons (Fsp3) is 0.692. The van der Waals surface area contributed by atoms with Gasteiger partial charge in [-0.25, -0.2) is 0 Å². The first-order chi connectivity index (χ1) is 8.38. The van der Waals surface area contributed by atoms with E-state index in [9.17, 15) is 0 Å². The number of morpholine rings is 1. The molecule has 2 rings (SSSR count). The minimum absolute atomic E-state index is 0.886. The highest BCUT2D eigenvalue weighted by Gasteiger charge is 2.09. The molecule has 17 heavy (non-hydrogen) atoms. The maximum Gasteiger partial charge on any atom is 0.0594 e. The van der Waals surface area contributed by atoms with Gasteiger partial charge in [0, 0.05) is 45.1 Å². The van der Waals surface area contributed by atoms with Crippen LogP contribution in [0.3, 0.4) is 0 Å². The number of nitrogens with zero attached hydrogens (tertiary/aromatic N) is 2. The number of nitrogens with one attached hydrogen (secondary N) is 1. The molecule has 4 nitrogen and oxygen atoms in total. The van der Waals surface area contributed by atoms with Crippen LogP contribution in [0.5, 0.6) is 0 Å². The standard InChI is InChI=1S/C13H23N3O/c1-2-14-11-13-3-4-16(12-13)6-5-15-7-9-17-10-8-15/h3-4,12,14H,2,5-11H2,1H3. The van der Waals surface area contributed by atoms with E-state index in [1.54, 1.807) is 0 Å². The van der Waals surface area contributed by atoms with Gasteiger partial charge in [0.2, 0.25) is 0 Å². The van der Waals surface area contributed by atoms with Crippen molar-refractivity contribution >= 4 is 0 Å². The van der Waals surface area contributed by atoms with Gasteiger partial charge in [0.05, 0.1) is 13.2 Å². The SMILES string of the molecule is CCNCc1ccn(CCN2CCOCC2)c1. The third kappa shape index (κ3) is 4.15. The summed E-state index contributed by atoms with van der Waals surface area (Å²) in [5.41, 5.74) is 1.37. The second-order valence-corrected chi connectivity index (χ2v) is 4.49. The Morgan fingerprint density at radius 3 is 2.88 bits per heavy atom. The normalized spacial score (nSPS) is 17.5. The molecule has 1 saturated heterocycles. The van der Waals surface area contributed by atoms with Gasteiger partial charge in [0.25, 0.3) is 0 Å². The van der Waals surface area contributed by atoms with Gasteiger partial charge in [-0.1, -0.05) is 6.92 Å². The van der Waals surface area contributed by atoms with E-state index in [0.717, 1.165) is 52.5 Å². The highest BCUT2D eigenvalue weighted by atomic mass is 16.5. The third-order valence-electron chi connectivity index (χ3n) is 3.17. The summed E-state index contributed by atoms with van der Waals surface area (Å²) in [5, 5.41) is 3.34. The molecule has 0 saturated carbocycles. The fourth-order valence-corrected chi connectivity index (χ4v) is 2.09. The van der Waals surface area contributed by atoms with Gasteiger partial charge in [-0.2, -0.15) is 0 Å². The lowest BCUT2D eigenvalue weighted by Crippen LogP contribution is -2.38. The van der Waals surface area contributed by atoms with Crippen LogP contribution in [-0.4, -0.2) is 48.9 Å². The lowest BCUT2D eigenvalue weighted by Gasteiger charge is -2.26. The topological polar surface area (TPSA) is 29.4 Å². The van der Waals surface area contributed by atoms with Gasteiger partial charge in [-0.3, -0.25) is 4.90 Å². The van der Waals surface area contributed by atoms with Crippen LogP contribution in [0.15, 0.2) is 18.5 Å². The van der Waals surface area contributed by atoms with Gasteiger partial charge in [0.15, 0.2) is 0 Å². The molecule has 1 aliphatic heterocycles. The zero-order chi connectivity index (χ0) is 11.9. The number of aromatic nitrogens is 1. The molecular weight excluding hydrogens is 214 g/mol. The Morgan fingerprint density at radius 1 is 1.29 bits per heavy atom. The highest BCUT2D eigenvalue weighted by molar-refractivity contribution is 5.09. The zero-order valence-electron chi connectivity index (χ0n) is 10.7. The summed E-state index contributed by atoms with van der Waals surface area (Å²) in [6.07, 6.45) is 4.41. The molecule has 0 radical (unpaired) electrons. The number of rotatable bonds is 6. The Labute approximate surface area is 104 Å². The summed E-state index contributed by atoms with van der Waals surface area (Å²) in [6, 6.07) is 2.20. The van der Waals surface area contributed by atoms with Gasteiger partial charge in [-0.05, 0) is 18.2 Å². The van der Waals surface area contributed by atoms with Gasteiger partial charge >= 0.3 is 0 Å². The van der Waals surface area contributed by atoms with Crippen molar-refractivity contribution in [1.82, 2.24) is 14.8 Å². The van der Waals surface area contributed by atoms with Crippen LogP contribution in [0.2, 0.25) is 0 Å². The van der Waals surface area contributed by atoms with Crippen molar-refractivity contribution in [2.75, 3.05) is 39.4 Å². The van der Waals surface area contributed by atoms with Crippen molar-refractivity contribution in [2.24, 2.45) is 0 Å². The van der Waals surface area contributed by atoms with E-state index in [4.69, 9.17) is 4.74 Å². The quantitative estimate of drug-likeness (QED) is 0.798. The Kier molecular flexibility index (Phi) is 5.04. The first kappa shape index (κ1) is 12.6. The van der Waals surface area contributed by atoms with Crippen molar-refractivity contribution in [3.63, 3.8) is 0 Å². The van der Waals surface area contributed by atoms with E-state index >= 15 is 0 Å². The van der Waals surface area contributed by atoms with Gasteiger partial charge in [0.1, 0.15) is 0 Å². The van der Waals surface area contributed by atoms with Crippen molar-refractivity contribution in [2.45, 2.75) is 20.0 Å². The van der Waals surface area contributed by atoms with Crippen LogP contribution in [0.4, 0.5) is 0 Å². The Bertz CT molecular complexity index is 318. The smallest absolute Gasteiger partial charge is 0.0594 e. The highest BCUT2D eigenvalue weighted by Crippen LogP contribution is 2.02. The van der Waals surface area contributed by atoms with Crippen molar-refractivity contribution in [3.8, 4) is 0 Å². The summed E-state index contributed by atoms with van der Waals surface area (Å²) in [7, 11) is 0. The largest absolute Gasteiger partial charge is 0.379 e. The molecule has 4 heteroatoms. The van der Waals surface area contributed by atoms with Crippen LogP contribution < -0.4 is 5.32 Å². The second kappa shape index (κ2) is 6.79. The number of ether oxygens (including phenoxy) is 1. The second-order valence-electron chi connectivity index (χ2n) is 4.49. The molecule has 1 aliphatic rings. The lowest BCUT2D eigenvalue weighted by molar-refractivity contribution is 0.0364. The molecule has 0 atom stereocenters. The van der Waals surface area contributed by atoms with Crippen LogP contribution in [-0.2, 0) is 17.8 Å². The van der Waals surface area contributed by atoms with E-state index in [1.807, 2.05) is 0 Å². The molecule has 0 aromatic carbocycles.